The largest absolute Gasteiger partial charge is 0.366 e. The molecule has 0 fully saturated rings. The molecule has 0 saturated heterocycles. The van der Waals surface area contributed by atoms with Crippen LogP contribution in [0, 0.1) is 0 Å². The van der Waals surface area contributed by atoms with Crippen LogP contribution in [-0.4, -0.2) is 24.7 Å². The number of hydrogen-bond acceptors (Lipinski definition) is 5. The van der Waals surface area contributed by atoms with E-state index < -0.39 is 0 Å². The Balaban J connectivity index is 2.21. The Morgan fingerprint density at radius 2 is 2.00 bits per heavy atom. The van der Waals surface area contributed by atoms with Gasteiger partial charge in [0.15, 0.2) is 0 Å². The molecule has 0 spiro atoms. The van der Waals surface area contributed by atoms with Crippen LogP contribution in [-0.2, 0) is 0 Å². The molecule has 0 saturated carbocycles. The van der Waals surface area contributed by atoms with Crippen molar-refractivity contribution in [3.8, 4) is 5.95 Å². The number of benzene rings is 1. The number of aromatic nitrogens is 5. The Kier molecular flexibility index (Phi) is 2.25. The number of halogens is 1. The summed E-state index contributed by atoms with van der Waals surface area (Å²) in [5.74, 6) is 0.605. The van der Waals surface area contributed by atoms with Gasteiger partial charge in [0.25, 0.3) is 5.95 Å². The zero-order valence-corrected chi connectivity index (χ0v) is 10.2. The summed E-state index contributed by atoms with van der Waals surface area (Å²) in [7, 11) is 0. The molecule has 0 aliphatic rings. The predicted molar refractivity (Wildman–Crippen MR) is 66.6 cm³/mol. The summed E-state index contributed by atoms with van der Waals surface area (Å²) in [6.07, 6.45) is 1.74. The lowest BCUT2D eigenvalue weighted by atomic mass is 10.2. The molecule has 0 aliphatic heterocycles. The number of hydrogen-bond donors (Lipinski definition) is 1. The van der Waals surface area contributed by atoms with Crippen molar-refractivity contribution < 1.29 is 0 Å². The first kappa shape index (κ1) is 10.2. The summed E-state index contributed by atoms with van der Waals surface area (Å²) in [4.78, 5) is 12.5. The van der Waals surface area contributed by atoms with Crippen molar-refractivity contribution in [2.75, 3.05) is 5.73 Å². The molecular formula is C10H7BrN6. The molecule has 17 heavy (non-hydrogen) atoms. The molecule has 0 aliphatic carbocycles. The van der Waals surface area contributed by atoms with Crippen LogP contribution in [0.25, 0.3) is 16.9 Å². The quantitative estimate of drug-likeness (QED) is 0.735. The summed E-state index contributed by atoms with van der Waals surface area (Å²) in [5.41, 5.74) is 6.35. The molecular weight excluding hydrogens is 284 g/mol. The van der Waals surface area contributed by atoms with E-state index in [0.717, 1.165) is 10.9 Å². The number of nitrogens with zero attached hydrogens (tertiary/aromatic N) is 5. The molecule has 0 amide bonds. The highest BCUT2D eigenvalue weighted by Crippen LogP contribution is 2.15. The third kappa shape index (κ3) is 1.74. The van der Waals surface area contributed by atoms with Crippen molar-refractivity contribution in [3.05, 3.63) is 35.2 Å². The molecule has 0 unspecified atom stereocenters. The second-order valence-corrected chi connectivity index (χ2v) is 4.09. The molecule has 0 atom stereocenters. The van der Waals surface area contributed by atoms with Crippen molar-refractivity contribution in [2.24, 2.45) is 0 Å². The molecule has 2 aromatic heterocycles. The summed E-state index contributed by atoms with van der Waals surface area (Å²) in [6.45, 7) is 0. The van der Waals surface area contributed by atoms with Gasteiger partial charge in [-0.1, -0.05) is 18.2 Å². The highest BCUT2D eigenvalue weighted by Gasteiger charge is 2.09. The molecule has 6 nitrogen and oxygen atoms in total. The van der Waals surface area contributed by atoms with E-state index in [2.05, 4.69) is 36.0 Å². The van der Waals surface area contributed by atoms with E-state index in [-0.39, 0.29) is 5.95 Å². The average molecular weight is 291 g/mol. The molecule has 2 N–H and O–H groups in total. The molecule has 0 radical (unpaired) electrons. The molecule has 1 aromatic carbocycles. The zero-order valence-electron chi connectivity index (χ0n) is 8.58. The summed E-state index contributed by atoms with van der Waals surface area (Å²) < 4.78 is 1.92. The van der Waals surface area contributed by atoms with Gasteiger partial charge in [-0.3, -0.25) is 0 Å². The van der Waals surface area contributed by atoms with Gasteiger partial charge >= 0.3 is 0 Å². The Bertz CT molecular complexity index is 692. The minimum absolute atomic E-state index is 0.175. The van der Waals surface area contributed by atoms with E-state index in [4.69, 9.17) is 5.73 Å². The fourth-order valence-electron chi connectivity index (χ4n) is 1.50. The topological polar surface area (TPSA) is 82.5 Å². The highest BCUT2D eigenvalue weighted by atomic mass is 79.9. The molecule has 3 aromatic rings. The van der Waals surface area contributed by atoms with Gasteiger partial charge < -0.3 is 5.73 Å². The van der Waals surface area contributed by atoms with Crippen LogP contribution in [0.15, 0.2) is 35.2 Å². The fourth-order valence-corrected chi connectivity index (χ4v) is 1.92. The van der Waals surface area contributed by atoms with E-state index in [1.54, 1.807) is 6.20 Å². The van der Waals surface area contributed by atoms with Crippen LogP contribution < -0.4 is 5.73 Å². The summed E-state index contributed by atoms with van der Waals surface area (Å²) >= 11 is 3.25. The molecule has 7 heteroatoms. The van der Waals surface area contributed by atoms with Crippen LogP contribution in [0.3, 0.4) is 0 Å². The fraction of sp³-hybridized carbons (Fsp3) is 0. The number of para-hydroxylation sites is 1. The van der Waals surface area contributed by atoms with Crippen molar-refractivity contribution >= 4 is 32.8 Å². The summed E-state index contributed by atoms with van der Waals surface area (Å²) in [6, 6.07) is 7.72. The third-order valence-electron chi connectivity index (χ3n) is 2.25. The lowest BCUT2D eigenvalue weighted by Gasteiger charge is -2.01. The summed E-state index contributed by atoms with van der Waals surface area (Å²) in [5, 5.41) is 4.97. The number of fused-ring (bicyclic) bond motifs is 1. The molecule has 84 valence electrons. The van der Waals surface area contributed by atoms with Gasteiger partial charge in [-0.25, -0.2) is 9.97 Å². The Morgan fingerprint density at radius 1 is 1.18 bits per heavy atom. The smallest absolute Gasteiger partial charge is 0.253 e. The lowest BCUT2D eigenvalue weighted by molar-refractivity contribution is 0.798. The Morgan fingerprint density at radius 3 is 2.76 bits per heavy atom. The minimum Gasteiger partial charge on any atom is -0.366 e. The average Bonchev–Trinajstić information content (AvgIpc) is 2.68. The van der Waals surface area contributed by atoms with Gasteiger partial charge in [-0.15, -0.1) is 5.10 Å². The van der Waals surface area contributed by atoms with Gasteiger partial charge in [0.1, 0.15) is 0 Å². The normalized spacial score (nSPS) is 10.9. The van der Waals surface area contributed by atoms with Gasteiger partial charge in [-0.05, 0) is 22.0 Å². The van der Waals surface area contributed by atoms with Gasteiger partial charge in [-0.2, -0.15) is 9.67 Å². The van der Waals surface area contributed by atoms with E-state index in [0.29, 0.717) is 10.7 Å². The molecule has 0 bridgehead atoms. The zero-order chi connectivity index (χ0) is 11.8. The first-order valence-corrected chi connectivity index (χ1v) is 5.63. The third-order valence-corrected chi connectivity index (χ3v) is 2.76. The molecule has 3 rings (SSSR count). The maximum Gasteiger partial charge on any atom is 0.253 e. The van der Waals surface area contributed by atoms with Gasteiger partial charge in [0.05, 0.1) is 5.52 Å². The second kappa shape index (κ2) is 3.77. The highest BCUT2D eigenvalue weighted by molar-refractivity contribution is 9.10. The van der Waals surface area contributed by atoms with Crippen LogP contribution in [0.1, 0.15) is 0 Å². The number of nitrogens with two attached hydrogens (primary N) is 1. The second-order valence-electron chi connectivity index (χ2n) is 3.38. The SMILES string of the molecule is Nc1nc(Br)n(-c2ncc3ccccc3n2)n1. The van der Waals surface area contributed by atoms with Crippen LogP contribution >= 0.6 is 15.9 Å². The first-order chi connectivity index (χ1) is 8.24. The van der Waals surface area contributed by atoms with Crippen LogP contribution in [0.2, 0.25) is 0 Å². The van der Waals surface area contributed by atoms with E-state index >= 15 is 0 Å². The first-order valence-electron chi connectivity index (χ1n) is 4.84. The van der Waals surface area contributed by atoms with Crippen molar-refractivity contribution in [1.29, 1.82) is 0 Å². The van der Waals surface area contributed by atoms with Gasteiger partial charge in [0, 0.05) is 11.6 Å². The van der Waals surface area contributed by atoms with Crippen molar-refractivity contribution in [3.63, 3.8) is 0 Å². The maximum atomic E-state index is 5.50. The van der Waals surface area contributed by atoms with E-state index in [1.807, 2.05) is 24.3 Å². The van der Waals surface area contributed by atoms with Crippen molar-refractivity contribution in [1.82, 2.24) is 24.7 Å². The number of nitrogen functional groups attached to an aromatic ring is 1. The maximum absolute atomic E-state index is 5.50. The molecule has 2 heterocycles. The van der Waals surface area contributed by atoms with Crippen LogP contribution in [0.4, 0.5) is 5.95 Å². The monoisotopic (exact) mass is 290 g/mol. The predicted octanol–water partition coefficient (Wildman–Crippen LogP) is 1.56. The number of anilines is 1. The minimum atomic E-state index is 0.175. The van der Waals surface area contributed by atoms with Crippen molar-refractivity contribution in [2.45, 2.75) is 0 Å². The Hall–Kier alpha value is -2.02. The van der Waals surface area contributed by atoms with E-state index in [1.165, 1.54) is 4.68 Å². The number of rotatable bonds is 1. The Labute approximate surface area is 105 Å². The van der Waals surface area contributed by atoms with Gasteiger partial charge in [0.2, 0.25) is 10.7 Å². The standard InChI is InChI=1S/C10H7BrN6/c11-8-15-9(12)16-17(8)10-13-5-6-3-1-2-4-7(6)14-10/h1-5H,(H2,12,16). The lowest BCUT2D eigenvalue weighted by Crippen LogP contribution is -2.03. The van der Waals surface area contributed by atoms with Crippen LogP contribution in [0.5, 0.6) is 0 Å². The van der Waals surface area contributed by atoms with E-state index in [9.17, 15) is 0 Å².